The van der Waals surface area contributed by atoms with Crippen LogP contribution in [-0.2, 0) is 18.9 Å². The van der Waals surface area contributed by atoms with E-state index >= 15 is 0 Å². The molecule has 2 saturated heterocycles. The lowest BCUT2D eigenvalue weighted by atomic mass is 9.35. The average molecular weight is 785 g/mol. The van der Waals surface area contributed by atoms with E-state index in [9.17, 15) is 46.0 Å². The van der Waals surface area contributed by atoms with E-state index in [0.717, 1.165) is 38.5 Å². The normalized spacial score (nSPS) is 52.0. The Morgan fingerprint density at radius 1 is 0.727 bits per heavy atom. The third-order valence-corrected chi connectivity index (χ3v) is 16.6. The van der Waals surface area contributed by atoms with E-state index in [1.165, 1.54) is 5.57 Å². The molecular formula is C42H72O13. The van der Waals surface area contributed by atoms with Gasteiger partial charge in [0.05, 0.1) is 31.0 Å². The van der Waals surface area contributed by atoms with Crippen molar-refractivity contribution >= 4 is 0 Å². The molecule has 2 heterocycles. The van der Waals surface area contributed by atoms with Crippen molar-refractivity contribution in [3.8, 4) is 0 Å². The Balaban J connectivity index is 1.23. The molecule has 4 saturated carbocycles. The van der Waals surface area contributed by atoms with Crippen molar-refractivity contribution < 1.29 is 64.9 Å². The second kappa shape index (κ2) is 15.7. The van der Waals surface area contributed by atoms with Gasteiger partial charge < -0.3 is 64.9 Å². The summed E-state index contributed by atoms with van der Waals surface area (Å²) < 4.78 is 24.4. The Labute approximate surface area is 327 Å². The summed E-state index contributed by atoms with van der Waals surface area (Å²) in [5, 5.41) is 97.4. The Morgan fingerprint density at radius 2 is 1.33 bits per heavy atom. The van der Waals surface area contributed by atoms with Crippen LogP contribution < -0.4 is 0 Å². The van der Waals surface area contributed by atoms with Gasteiger partial charge in [-0.3, -0.25) is 0 Å². The molecule has 0 aromatic rings. The van der Waals surface area contributed by atoms with Crippen LogP contribution in [0.3, 0.4) is 0 Å². The number of rotatable bonds is 10. The van der Waals surface area contributed by atoms with Crippen LogP contribution in [0, 0.1) is 45.3 Å². The first kappa shape index (κ1) is 43.8. The van der Waals surface area contributed by atoms with Crippen LogP contribution in [0.25, 0.3) is 0 Å². The summed E-state index contributed by atoms with van der Waals surface area (Å²) in [6.07, 6.45) is -6.48. The summed E-state index contributed by atoms with van der Waals surface area (Å²) in [6, 6.07) is 0. The highest BCUT2D eigenvalue weighted by atomic mass is 16.8. The number of hydrogen-bond acceptors (Lipinski definition) is 13. The zero-order valence-corrected chi connectivity index (χ0v) is 34.3. The second-order valence-corrected chi connectivity index (χ2v) is 20.1. The molecule has 55 heavy (non-hydrogen) atoms. The molecule has 0 spiro atoms. The van der Waals surface area contributed by atoms with Gasteiger partial charge in [-0.05, 0) is 124 Å². The van der Waals surface area contributed by atoms with E-state index in [1.807, 2.05) is 6.92 Å². The van der Waals surface area contributed by atoms with Crippen molar-refractivity contribution in [3.63, 3.8) is 0 Å². The van der Waals surface area contributed by atoms with E-state index in [2.05, 4.69) is 54.5 Å². The van der Waals surface area contributed by atoms with Crippen LogP contribution in [-0.4, -0.2) is 138 Å². The maximum atomic E-state index is 12.2. The molecule has 10 unspecified atom stereocenters. The van der Waals surface area contributed by atoms with Gasteiger partial charge in [0.1, 0.15) is 48.8 Å². The van der Waals surface area contributed by atoms with Gasteiger partial charge in [-0.25, -0.2) is 0 Å². The van der Waals surface area contributed by atoms with Crippen molar-refractivity contribution in [3.05, 3.63) is 11.6 Å². The summed E-state index contributed by atoms with van der Waals surface area (Å²) in [7, 11) is 0. The fraction of sp³-hybridized carbons (Fsp3) is 0.952. The summed E-state index contributed by atoms with van der Waals surface area (Å²) in [5.74, 6) is 0.445. The van der Waals surface area contributed by atoms with Gasteiger partial charge in [-0.2, -0.15) is 0 Å². The smallest absolute Gasteiger partial charge is 0.187 e. The quantitative estimate of drug-likeness (QED) is 0.115. The molecule has 13 nitrogen and oxygen atoms in total. The van der Waals surface area contributed by atoms with E-state index in [-0.39, 0.29) is 39.9 Å². The molecule has 9 N–H and O–H groups in total. The van der Waals surface area contributed by atoms with Gasteiger partial charge in [-0.15, -0.1) is 0 Å². The van der Waals surface area contributed by atoms with Crippen LogP contribution in [0.4, 0.5) is 0 Å². The molecule has 0 amide bonds. The van der Waals surface area contributed by atoms with Gasteiger partial charge >= 0.3 is 0 Å². The largest absolute Gasteiger partial charge is 0.394 e. The zero-order valence-electron chi connectivity index (χ0n) is 34.3. The Hall–Kier alpha value is -0.780. The van der Waals surface area contributed by atoms with E-state index in [0.29, 0.717) is 19.3 Å². The lowest BCUT2D eigenvalue weighted by molar-refractivity contribution is -0.378. The minimum Gasteiger partial charge on any atom is -0.394 e. The summed E-state index contributed by atoms with van der Waals surface area (Å²) in [4.78, 5) is 0. The molecule has 0 bridgehead atoms. The lowest BCUT2D eigenvalue weighted by Gasteiger charge is -2.70. The molecule has 6 aliphatic rings. The molecule has 6 fully saturated rings. The van der Waals surface area contributed by atoms with Crippen LogP contribution in [0.2, 0.25) is 0 Å². The molecule has 0 radical (unpaired) electrons. The molecule has 318 valence electrons. The molecule has 6 rings (SSSR count). The maximum absolute atomic E-state index is 12.2. The Bertz CT molecular complexity index is 1370. The van der Waals surface area contributed by atoms with Crippen molar-refractivity contribution in [2.45, 2.75) is 192 Å². The Morgan fingerprint density at radius 3 is 1.95 bits per heavy atom. The number of allylic oxidation sites excluding steroid dienone is 2. The first-order chi connectivity index (χ1) is 25.6. The van der Waals surface area contributed by atoms with E-state index < -0.39 is 97.8 Å². The summed E-state index contributed by atoms with van der Waals surface area (Å²) >= 11 is 0. The van der Waals surface area contributed by atoms with Crippen molar-refractivity contribution in [2.24, 2.45) is 45.3 Å². The topological polar surface area (TPSA) is 219 Å². The predicted molar refractivity (Wildman–Crippen MR) is 201 cm³/mol. The number of aliphatic hydroxyl groups is 9. The molecule has 0 aromatic heterocycles. The van der Waals surface area contributed by atoms with Crippen LogP contribution in [0.5, 0.6) is 0 Å². The minimum absolute atomic E-state index is 0.00798. The zero-order chi connectivity index (χ0) is 40.6. The van der Waals surface area contributed by atoms with Gasteiger partial charge in [0.15, 0.2) is 12.6 Å². The van der Waals surface area contributed by atoms with E-state index in [1.54, 1.807) is 0 Å². The molecule has 4 aliphatic carbocycles. The average Bonchev–Trinajstić information content (AvgIpc) is 3.50. The van der Waals surface area contributed by atoms with Gasteiger partial charge in [0, 0.05) is 0 Å². The highest BCUT2D eigenvalue weighted by Crippen LogP contribution is 2.76. The molecule has 20 atom stereocenters. The number of fused-ring (bicyclic) bond motifs is 5. The number of aliphatic hydroxyl groups excluding tert-OH is 8. The van der Waals surface area contributed by atoms with E-state index in [4.69, 9.17) is 18.9 Å². The monoisotopic (exact) mass is 784 g/mol. The van der Waals surface area contributed by atoms with Crippen LogP contribution in [0.15, 0.2) is 11.6 Å². The van der Waals surface area contributed by atoms with Crippen molar-refractivity contribution in [2.75, 3.05) is 13.2 Å². The van der Waals surface area contributed by atoms with Crippen molar-refractivity contribution in [1.29, 1.82) is 0 Å². The standard InChI is InChI=1S/C42H72O13/c1-21(2)10-9-14-42(8,51)22-11-16-41(7)29(22)23(45)18-27-39(5)15-13-28(38(3,4)26(39)12-17-40(27,41)6)54-37-35(33(49)31(47)25(20-44)53-37)55-36-34(50)32(48)30(46)24(19-43)52-36/h10,22-37,43-51H,9,11-20H2,1-8H3/t22-,23?,24?,25?,26-,27-,28?,29-,30?,31?,32?,33?,34?,35?,36-,37-,39+,40+,41-,42+/m1/s1. The Kier molecular flexibility index (Phi) is 12.5. The summed E-state index contributed by atoms with van der Waals surface area (Å²) in [6.45, 7) is 16.5. The van der Waals surface area contributed by atoms with Gasteiger partial charge in [0.25, 0.3) is 0 Å². The second-order valence-electron chi connectivity index (χ2n) is 20.1. The molecule has 13 heteroatoms. The van der Waals surface area contributed by atoms with Crippen LogP contribution in [0.1, 0.15) is 113 Å². The fourth-order valence-corrected chi connectivity index (χ4v) is 13.3. The SMILES string of the molecule is CC(C)=CCC[C@](C)(O)[C@@H]1CC[C@]2(C)[C@H]1C(O)C[C@@H]1[C@@]3(C)CCC(O[C@H]4OC(CO)C(O)C(O)C4O[C@H]4OC(CO)C(O)C(O)C4O)C(C)(C)[C@H]3CC[C@@]12C. The lowest BCUT2D eigenvalue weighted by Crippen LogP contribution is -2.68. The highest BCUT2D eigenvalue weighted by Gasteiger charge is 2.71. The molecule has 2 aliphatic heterocycles. The van der Waals surface area contributed by atoms with Crippen molar-refractivity contribution in [1.82, 2.24) is 0 Å². The molecular weight excluding hydrogens is 712 g/mol. The number of hydrogen-bond donors (Lipinski definition) is 9. The highest BCUT2D eigenvalue weighted by molar-refractivity contribution is 5.20. The minimum atomic E-state index is -1.75. The third-order valence-electron chi connectivity index (χ3n) is 16.6. The van der Waals surface area contributed by atoms with Gasteiger partial charge in [0.2, 0.25) is 0 Å². The molecule has 0 aromatic carbocycles. The number of ether oxygens (including phenoxy) is 4. The fourth-order valence-electron chi connectivity index (χ4n) is 13.3. The predicted octanol–water partition coefficient (Wildman–Crippen LogP) is 2.15. The first-order valence-corrected chi connectivity index (χ1v) is 20.9. The third kappa shape index (κ3) is 7.20. The first-order valence-electron chi connectivity index (χ1n) is 20.9. The summed E-state index contributed by atoms with van der Waals surface area (Å²) in [5.41, 5.74) is -0.405. The van der Waals surface area contributed by atoms with Gasteiger partial charge in [-0.1, -0.05) is 46.3 Å². The van der Waals surface area contributed by atoms with Crippen LogP contribution >= 0.6 is 0 Å². The maximum Gasteiger partial charge on any atom is 0.187 e.